The number of thioether (sulfide) groups is 1. The molecule has 0 atom stereocenters. The van der Waals surface area contributed by atoms with Crippen molar-refractivity contribution in [3.05, 3.63) is 102 Å². The van der Waals surface area contributed by atoms with Crippen LogP contribution < -0.4 is 10.0 Å². The van der Waals surface area contributed by atoms with Crippen molar-refractivity contribution in [3.8, 4) is 17.1 Å². The molecule has 10 nitrogen and oxygen atoms in total. The van der Waals surface area contributed by atoms with Crippen LogP contribution in [0.25, 0.3) is 17.1 Å². The zero-order valence-electron chi connectivity index (χ0n) is 21.7. The molecule has 0 saturated carbocycles. The van der Waals surface area contributed by atoms with Gasteiger partial charge in [-0.05, 0) is 73.7 Å². The molecule has 5 aromatic rings. The maximum absolute atomic E-state index is 12.6. The van der Waals surface area contributed by atoms with Crippen molar-refractivity contribution < 1.29 is 13.2 Å². The minimum Gasteiger partial charge on any atom is -0.326 e. The first-order chi connectivity index (χ1) is 19.8. The van der Waals surface area contributed by atoms with Crippen molar-refractivity contribution in [3.63, 3.8) is 0 Å². The highest BCUT2D eigenvalue weighted by atomic mass is 35.5. The van der Waals surface area contributed by atoms with E-state index in [-0.39, 0.29) is 23.2 Å². The summed E-state index contributed by atoms with van der Waals surface area (Å²) in [7, 11) is -3.87. The predicted molar refractivity (Wildman–Crippen MR) is 160 cm³/mol. The average Bonchev–Trinajstić information content (AvgIpc) is 3.38. The van der Waals surface area contributed by atoms with Gasteiger partial charge in [0.1, 0.15) is 0 Å². The van der Waals surface area contributed by atoms with Crippen LogP contribution in [0.5, 0.6) is 0 Å². The molecule has 2 N–H and O–H groups in total. The number of hydrogen-bond donors (Lipinski definition) is 2. The minimum atomic E-state index is -3.87. The Hall–Kier alpha value is -4.26. The third kappa shape index (κ3) is 7.09. The van der Waals surface area contributed by atoms with Crippen LogP contribution in [0.2, 0.25) is 5.02 Å². The monoisotopic (exact) mass is 605 g/mol. The summed E-state index contributed by atoms with van der Waals surface area (Å²) in [4.78, 5) is 20.4. The highest BCUT2D eigenvalue weighted by Gasteiger charge is 2.18. The van der Waals surface area contributed by atoms with Crippen molar-refractivity contribution in [2.24, 2.45) is 0 Å². The largest absolute Gasteiger partial charge is 0.326 e. The van der Waals surface area contributed by atoms with Crippen LogP contribution in [0.3, 0.4) is 0 Å². The smallest absolute Gasteiger partial charge is 0.264 e. The lowest BCUT2D eigenvalue weighted by atomic mass is 10.2. The summed E-state index contributed by atoms with van der Waals surface area (Å²) in [6.45, 7) is 2.02. The van der Waals surface area contributed by atoms with E-state index in [2.05, 4.69) is 30.2 Å². The highest BCUT2D eigenvalue weighted by molar-refractivity contribution is 7.99. The van der Waals surface area contributed by atoms with Crippen LogP contribution in [0.1, 0.15) is 12.0 Å². The number of benzene rings is 3. The number of aryl methyl sites for hydroxylation is 1. The average molecular weight is 606 g/mol. The summed E-state index contributed by atoms with van der Waals surface area (Å²) in [5.41, 5.74) is 3.38. The Morgan fingerprint density at radius 1 is 0.927 bits per heavy atom. The van der Waals surface area contributed by atoms with Gasteiger partial charge in [-0.15, -0.1) is 10.2 Å². The molecule has 5 rings (SSSR count). The quantitative estimate of drug-likeness (QED) is 0.196. The van der Waals surface area contributed by atoms with Crippen molar-refractivity contribution >= 4 is 50.9 Å². The van der Waals surface area contributed by atoms with Gasteiger partial charge in [0.15, 0.2) is 11.0 Å². The second-order valence-electron chi connectivity index (χ2n) is 8.83. The summed E-state index contributed by atoms with van der Waals surface area (Å²) >= 11 is 7.49. The molecule has 0 aliphatic carbocycles. The van der Waals surface area contributed by atoms with Crippen molar-refractivity contribution in [2.45, 2.75) is 23.4 Å². The third-order valence-electron chi connectivity index (χ3n) is 5.83. The first-order valence-corrected chi connectivity index (χ1v) is 15.2. The highest BCUT2D eigenvalue weighted by Crippen LogP contribution is 2.29. The fourth-order valence-corrected chi connectivity index (χ4v) is 5.76. The number of carbonyl (C=O) groups excluding carboxylic acids is 1. The first-order valence-electron chi connectivity index (χ1n) is 12.4. The fraction of sp³-hybridized carbons (Fsp3) is 0.107. The van der Waals surface area contributed by atoms with Gasteiger partial charge in [-0.25, -0.2) is 23.1 Å². The van der Waals surface area contributed by atoms with Gasteiger partial charge in [0, 0.05) is 46.5 Å². The van der Waals surface area contributed by atoms with E-state index in [1.54, 1.807) is 18.2 Å². The minimum absolute atomic E-state index is 0.0189. The van der Waals surface area contributed by atoms with Crippen LogP contribution in [0.4, 0.5) is 11.6 Å². The van der Waals surface area contributed by atoms with Gasteiger partial charge in [0.05, 0.1) is 4.90 Å². The predicted octanol–water partition coefficient (Wildman–Crippen LogP) is 5.61. The van der Waals surface area contributed by atoms with Crippen molar-refractivity contribution in [2.75, 3.05) is 15.8 Å². The molecular formula is C28H24ClN7O3S2. The van der Waals surface area contributed by atoms with Crippen LogP contribution >= 0.6 is 23.4 Å². The number of nitrogens with one attached hydrogen (secondary N) is 2. The Labute approximate surface area is 246 Å². The van der Waals surface area contributed by atoms with Crippen molar-refractivity contribution in [1.82, 2.24) is 24.7 Å². The number of hydrogen-bond acceptors (Lipinski definition) is 8. The zero-order valence-corrected chi connectivity index (χ0v) is 24.1. The molecule has 2 aromatic heterocycles. The maximum atomic E-state index is 12.6. The van der Waals surface area contributed by atoms with Crippen LogP contribution in [0, 0.1) is 6.92 Å². The number of nitrogens with zero attached hydrogens (tertiary/aromatic N) is 5. The second-order valence-corrected chi connectivity index (χ2v) is 12.0. The Balaban J connectivity index is 1.23. The Bertz CT molecular complexity index is 1750. The van der Waals surface area contributed by atoms with Gasteiger partial charge < -0.3 is 5.32 Å². The summed E-state index contributed by atoms with van der Waals surface area (Å²) < 4.78 is 29.4. The molecule has 0 bridgehead atoms. The summed E-state index contributed by atoms with van der Waals surface area (Å²) in [6, 6.07) is 22.9. The third-order valence-corrected chi connectivity index (χ3v) is 8.35. The normalized spacial score (nSPS) is 11.3. The SMILES string of the molecule is Cc1ccc(-n2c(SCCC(=O)Nc3ccc(S(=O)(=O)Nc4ncccn4)cc3)nnc2-c2ccc(Cl)cc2)cc1. The topological polar surface area (TPSA) is 132 Å². The van der Waals surface area contributed by atoms with Gasteiger partial charge in [-0.3, -0.25) is 9.36 Å². The van der Waals surface area contributed by atoms with E-state index in [1.807, 2.05) is 47.9 Å². The van der Waals surface area contributed by atoms with E-state index in [9.17, 15) is 13.2 Å². The van der Waals surface area contributed by atoms with Gasteiger partial charge in [0.2, 0.25) is 11.9 Å². The molecule has 0 spiro atoms. The molecule has 2 heterocycles. The number of carbonyl (C=O) groups is 1. The Kier molecular flexibility index (Phi) is 8.62. The molecule has 0 unspecified atom stereocenters. The molecule has 0 aliphatic heterocycles. The molecular weight excluding hydrogens is 582 g/mol. The molecule has 0 aliphatic rings. The molecule has 208 valence electrons. The zero-order chi connectivity index (χ0) is 28.8. The molecule has 0 radical (unpaired) electrons. The molecule has 0 saturated heterocycles. The van der Waals surface area contributed by atoms with Crippen LogP contribution in [-0.2, 0) is 14.8 Å². The Morgan fingerprint density at radius 2 is 1.61 bits per heavy atom. The second kappa shape index (κ2) is 12.5. The fourth-order valence-electron chi connectivity index (χ4n) is 3.78. The van der Waals surface area contributed by atoms with Gasteiger partial charge in [0.25, 0.3) is 10.0 Å². The van der Waals surface area contributed by atoms with E-state index >= 15 is 0 Å². The molecule has 1 amide bonds. The number of rotatable bonds is 10. The van der Waals surface area contributed by atoms with E-state index in [1.165, 1.54) is 48.4 Å². The molecule has 3 aromatic carbocycles. The van der Waals surface area contributed by atoms with E-state index in [0.29, 0.717) is 27.4 Å². The lowest BCUT2D eigenvalue weighted by Gasteiger charge is -2.11. The number of halogens is 1. The summed E-state index contributed by atoms with van der Waals surface area (Å²) in [6.07, 6.45) is 3.08. The van der Waals surface area contributed by atoms with Gasteiger partial charge >= 0.3 is 0 Å². The number of aromatic nitrogens is 5. The van der Waals surface area contributed by atoms with Gasteiger partial charge in [-0.2, -0.15) is 0 Å². The molecule has 13 heteroatoms. The summed E-state index contributed by atoms with van der Waals surface area (Å²) in [5, 5.41) is 12.9. The van der Waals surface area contributed by atoms with Crippen molar-refractivity contribution in [1.29, 1.82) is 0 Å². The number of sulfonamides is 1. The number of amides is 1. The lowest BCUT2D eigenvalue weighted by molar-refractivity contribution is -0.115. The molecule has 0 fully saturated rings. The first kappa shape index (κ1) is 28.3. The van der Waals surface area contributed by atoms with Crippen LogP contribution in [0.15, 0.2) is 101 Å². The Morgan fingerprint density at radius 3 is 2.29 bits per heavy atom. The standard InChI is InChI=1S/C28H24ClN7O3S2/c1-19-3-11-23(12-4-19)36-26(20-5-7-21(29)8-6-20)33-34-28(36)40-18-15-25(37)32-22-9-13-24(14-10-22)41(38,39)35-27-30-16-2-17-31-27/h2-14,16-17H,15,18H2,1H3,(H,32,37)(H,30,31,35). The van der Waals surface area contributed by atoms with E-state index in [0.717, 1.165) is 16.8 Å². The van der Waals surface area contributed by atoms with Gasteiger partial charge in [-0.1, -0.05) is 41.1 Å². The number of anilines is 2. The van der Waals surface area contributed by atoms with E-state index in [4.69, 9.17) is 11.6 Å². The lowest BCUT2D eigenvalue weighted by Crippen LogP contribution is -2.15. The maximum Gasteiger partial charge on any atom is 0.264 e. The van der Waals surface area contributed by atoms with E-state index < -0.39 is 10.0 Å². The van der Waals surface area contributed by atoms with Crippen LogP contribution in [-0.4, -0.2) is 44.8 Å². The molecule has 41 heavy (non-hydrogen) atoms. The summed E-state index contributed by atoms with van der Waals surface area (Å²) in [5.74, 6) is 0.870.